The van der Waals surface area contributed by atoms with Crippen molar-refractivity contribution in [1.29, 1.82) is 0 Å². The molecule has 4 heterocycles. The zero-order valence-corrected chi connectivity index (χ0v) is 28.9. The van der Waals surface area contributed by atoms with Gasteiger partial charge < -0.3 is 19.8 Å². The molecule has 45 heavy (non-hydrogen) atoms. The summed E-state index contributed by atoms with van der Waals surface area (Å²) in [7, 11) is 3.67. The highest BCUT2D eigenvalue weighted by Gasteiger charge is 2.23. The van der Waals surface area contributed by atoms with Gasteiger partial charge in [0.1, 0.15) is 34.6 Å². The van der Waals surface area contributed by atoms with Crippen LogP contribution in [0.15, 0.2) is 79.1 Å². The summed E-state index contributed by atoms with van der Waals surface area (Å²) in [5.74, 6) is 0.185. The molecule has 3 N–H and O–H groups in total. The number of fused-ring (bicyclic) bond motifs is 2. The first-order valence-corrected chi connectivity index (χ1v) is 16.0. The number of hydrogen-bond donors (Lipinski definition) is 3. The molecule has 4 aromatic heterocycles. The number of pyridine rings is 2. The average molecular weight is 835 g/mol. The van der Waals surface area contributed by atoms with Crippen LogP contribution in [0.5, 0.6) is 0 Å². The first-order chi connectivity index (χ1) is 21.7. The van der Waals surface area contributed by atoms with Gasteiger partial charge in [0, 0.05) is 44.4 Å². The Hall–Kier alpha value is -3.83. The Morgan fingerprint density at radius 2 is 1.47 bits per heavy atom. The molecule has 6 rings (SSSR count). The van der Waals surface area contributed by atoms with Gasteiger partial charge in [-0.25, -0.2) is 24.2 Å². The van der Waals surface area contributed by atoms with Gasteiger partial charge in [0.05, 0.1) is 23.5 Å². The summed E-state index contributed by atoms with van der Waals surface area (Å²) in [6.07, 6.45) is 4.17. The number of halogens is 4. The van der Waals surface area contributed by atoms with Gasteiger partial charge >= 0.3 is 0 Å². The number of nitrogens with one attached hydrogen (secondary N) is 3. The van der Waals surface area contributed by atoms with E-state index in [1.54, 1.807) is 54.3 Å². The molecule has 0 saturated carbocycles. The minimum absolute atomic E-state index is 0.259. The van der Waals surface area contributed by atoms with Gasteiger partial charge in [0.2, 0.25) is 0 Å². The summed E-state index contributed by atoms with van der Waals surface area (Å²) < 4.78 is 33.4. The van der Waals surface area contributed by atoms with Crippen LogP contribution < -0.4 is 16.1 Å². The van der Waals surface area contributed by atoms with E-state index in [9.17, 15) is 13.6 Å². The number of nitrogens with zero attached hydrogens (tertiary/aromatic N) is 4. The number of hydroxylamine groups is 1. The van der Waals surface area contributed by atoms with Crippen molar-refractivity contribution >= 4 is 96.2 Å². The molecule has 0 radical (unpaired) electrons. The van der Waals surface area contributed by atoms with Crippen LogP contribution in [-0.2, 0) is 18.9 Å². The van der Waals surface area contributed by atoms with Crippen LogP contribution in [0, 0.1) is 18.8 Å². The van der Waals surface area contributed by atoms with Crippen molar-refractivity contribution in [2.45, 2.75) is 13.3 Å². The van der Waals surface area contributed by atoms with Crippen LogP contribution in [0.2, 0.25) is 0 Å². The van der Waals surface area contributed by atoms with E-state index in [4.69, 9.17) is 4.84 Å². The monoisotopic (exact) mass is 835 g/mol. The summed E-state index contributed by atoms with van der Waals surface area (Å²) in [6, 6.07) is 19.3. The maximum atomic E-state index is 14.3. The van der Waals surface area contributed by atoms with E-state index < -0.39 is 11.7 Å². The number of rotatable bonds is 8. The van der Waals surface area contributed by atoms with Crippen LogP contribution in [0.25, 0.3) is 22.1 Å². The molecule has 0 spiro atoms. The molecule has 1 amide bonds. The lowest BCUT2D eigenvalue weighted by molar-refractivity contribution is 0.0317. The summed E-state index contributed by atoms with van der Waals surface area (Å²) in [4.78, 5) is 26.5. The number of amides is 1. The first kappa shape index (κ1) is 32.6. The van der Waals surface area contributed by atoms with Crippen molar-refractivity contribution < 1.29 is 18.4 Å². The Bertz CT molecular complexity index is 1990. The number of aryl methyl sites for hydroxylation is 2. The fourth-order valence-corrected chi connectivity index (χ4v) is 5.54. The minimum Gasteiger partial charge on any atom is -0.339 e. The Balaban J connectivity index is 0.000000186. The maximum Gasteiger partial charge on any atom is 0.279 e. The van der Waals surface area contributed by atoms with Crippen LogP contribution in [0.3, 0.4) is 0 Å². The molecule has 0 aliphatic heterocycles. The van der Waals surface area contributed by atoms with Gasteiger partial charge in [0.25, 0.3) is 5.91 Å². The quantitative estimate of drug-likeness (QED) is 0.0814. The van der Waals surface area contributed by atoms with Crippen LogP contribution in [0.1, 0.15) is 23.7 Å². The van der Waals surface area contributed by atoms with Gasteiger partial charge in [-0.05, 0) is 118 Å². The molecular formula is C32H29F2I2N7O2. The topological polar surface area (TPSA) is 98.0 Å². The number of anilines is 4. The Labute approximate surface area is 285 Å². The van der Waals surface area contributed by atoms with Crippen LogP contribution in [-0.4, -0.2) is 31.6 Å². The molecule has 9 nitrogen and oxygen atoms in total. The average Bonchev–Trinajstić information content (AvgIpc) is 3.49. The third kappa shape index (κ3) is 7.36. The molecule has 232 valence electrons. The van der Waals surface area contributed by atoms with Crippen LogP contribution in [0.4, 0.5) is 31.8 Å². The van der Waals surface area contributed by atoms with Crippen molar-refractivity contribution in [2.24, 2.45) is 14.1 Å². The lowest BCUT2D eigenvalue weighted by Gasteiger charge is -2.12. The highest BCUT2D eigenvalue weighted by molar-refractivity contribution is 14.1. The SMILES string of the molecule is CCCONC(=O)c1c(Nc2ccc(I)cc2F)n(C)c2ncccc12.Cn1c(Nc2ccc(I)cc2F)cc2cccnc21. The molecule has 13 heteroatoms. The van der Waals surface area contributed by atoms with E-state index in [2.05, 4.69) is 48.7 Å². The van der Waals surface area contributed by atoms with Crippen molar-refractivity contribution in [3.05, 3.63) is 103 Å². The molecule has 2 aromatic carbocycles. The van der Waals surface area contributed by atoms with E-state index in [1.807, 2.05) is 65.4 Å². The standard InChI is InChI=1S/C18H18FIN4O2.C14H11FIN3/c1-3-9-26-23-18(25)15-12-5-4-8-21-16(12)24(2)17(15)22-14-7-6-11(20)10-13(14)19;1-19-13(7-9-3-2-6-17-14(9)19)18-12-5-4-10(16)8-11(12)15/h4-8,10,22H,3,9H2,1-2H3,(H,23,25);2-8,18H,1H3. The summed E-state index contributed by atoms with van der Waals surface area (Å²) in [5, 5.41) is 7.81. The first-order valence-electron chi connectivity index (χ1n) is 13.9. The number of benzene rings is 2. The molecular weight excluding hydrogens is 806 g/mol. The predicted octanol–water partition coefficient (Wildman–Crippen LogP) is 8.19. The van der Waals surface area contributed by atoms with Crippen molar-refractivity contribution in [3.8, 4) is 0 Å². The molecule has 0 saturated heterocycles. The summed E-state index contributed by atoms with van der Waals surface area (Å²) in [6.45, 7) is 2.35. The number of carbonyl (C=O) groups is 1. The van der Waals surface area contributed by atoms with E-state index in [-0.39, 0.29) is 11.5 Å². The fourth-order valence-electron chi connectivity index (χ4n) is 4.63. The minimum atomic E-state index is -0.412. The Kier molecular flexibility index (Phi) is 10.5. The van der Waals surface area contributed by atoms with Gasteiger partial charge in [-0.1, -0.05) is 6.92 Å². The molecule has 0 unspecified atom stereocenters. The number of carbonyl (C=O) groups excluding carboxylic acids is 1. The Morgan fingerprint density at radius 3 is 2.09 bits per heavy atom. The zero-order valence-electron chi connectivity index (χ0n) is 24.5. The van der Waals surface area contributed by atoms with E-state index in [0.29, 0.717) is 34.7 Å². The van der Waals surface area contributed by atoms with Crippen molar-refractivity contribution in [1.82, 2.24) is 24.6 Å². The Morgan fingerprint density at radius 1 is 0.844 bits per heavy atom. The number of hydrogen-bond acceptors (Lipinski definition) is 6. The third-order valence-electron chi connectivity index (χ3n) is 6.81. The van der Waals surface area contributed by atoms with Crippen LogP contribution >= 0.6 is 45.2 Å². The lowest BCUT2D eigenvalue weighted by atomic mass is 10.2. The molecule has 0 aliphatic rings. The van der Waals surface area contributed by atoms with Crippen molar-refractivity contribution in [3.63, 3.8) is 0 Å². The predicted molar refractivity (Wildman–Crippen MR) is 190 cm³/mol. The molecule has 6 aromatic rings. The summed E-state index contributed by atoms with van der Waals surface area (Å²) >= 11 is 4.13. The highest BCUT2D eigenvalue weighted by atomic mass is 127. The zero-order chi connectivity index (χ0) is 32.1. The van der Waals surface area contributed by atoms with Gasteiger partial charge in [0.15, 0.2) is 0 Å². The number of aromatic nitrogens is 4. The summed E-state index contributed by atoms with van der Waals surface area (Å²) in [5.41, 5.74) is 5.02. The second-order valence-corrected chi connectivity index (χ2v) is 12.4. The van der Waals surface area contributed by atoms with Gasteiger partial charge in [-0.3, -0.25) is 9.63 Å². The lowest BCUT2D eigenvalue weighted by Crippen LogP contribution is -2.24. The molecule has 0 atom stereocenters. The molecule has 0 bridgehead atoms. The van der Waals surface area contributed by atoms with E-state index >= 15 is 0 Å². The largest absolute Gasteiger partial charge is 0.339 e. The van der Waals surface area contributed by atoms with E-state index in [0.717, 1.165) is 30.4 Å². The highest BCUT2D eigenvalue weighted by Crippen LogP contribution is 2.32. The second-order valence-electron chi connectivity index (χ2n) is 9.94. The fraction of sp³-hybridized carbons (Fsp3) is 0.156. The smallest absolute Gasteiger partial charge is 0.279 e. The second kappa shape index (κ2) is 14.5. The maximum absolute atomic E-state index is 14.3. The van der Waals surface area contributed by atoms with E-state index in [1.165, 1.54) is 12.1 Å². The van der Waals surface area contributed by atoms with Gasteiger partial charge in [-0.15, -0.1) is 0 Å². The van der Waals surface area contributed by atoms with Gasteiger partial charge in [-0.2, -0.15) is 0 Å². The van der Waals surface area contributed by atoms with Crippen molar-refractivity contribution in [2.75, 3.05) is 17.2 Å². The molecule has 0 aliphatic carbocycles. The third-order valence-corrected chi connectivity index (χ3v) is 8.15. The normalized spacial score (nSPS) is 10.9. The molecule has 0 fully saturated rings.